The molecule has 5 nitrogen and oxygen atoms in total. The number of non-ortho nitro benzene ring substituents is 1. The second-order valence-electron chi connectivity index (χ2n) is 6.28. The first kappa shape index (κ1) is 20.4. The van der Waals surface area contributed by atoms with Gasteiger partial charge in [0.05, 0.1) is 4.92 Å². The quantitative estimate of drug-likeness (QED) is 0.289. The van der Waals surface area contributed by atoms with Crippen LogP contribution in [0.2, 0.25) is 0 Å². The Morgan fingerprint density at radius 1 is 1.00 bits per heavy atom. The minimum absolute atomic E-state index is 0.0714. The smallest absolute Gasteiger partial charge is 0.269 e. The number of benzene rings is 3. The van der Waals surface area contributed by atoms with Gasteiger partial charge in [-0.3, -0.25) is 10.1 Å². The number of aryl methyl sites for hydroxylation is 1. The second kappa shape index (κ2) is 9.21. The van der Waals surface area contributed by atoms with Crippen molar-refractivity contribution in [3.63, 3.8) is 0 Å². The van der Waals surface area contributed by atoms with Crippen molar-refractivity contribution in [1.29, 1.82) is 0 Å². The molecule has 0 amide bonds. The molecule has 3 aromatic rings. The first-order chi connectivity index (χ1) is 13.4. The zero-order valence-electron chi connectivity index (χ0n) is 15.1. The monoisotopic (exact) mass is 504 g/mol. The van der Waals surface area contributed by atoms with E-state index < -0.39 is 4.92 Å². The van der Waals surface area contributed by atoms with Crippen LogP contribution < -0.4 is 10.1 Å². The third kappa shape index (κ3) is 5.33. The van der Waals surface area contributed by atoms with Crippen LogP contribution in [-0.4, -0.2) is 4.92 Å². The molecule has 1 N–H and O–H groups in total. The third-order valence-electron chi connectivity index (χ3n) is 4.22. The highest BCUT2D eigenvalue weighted by Gasteiger charge is 2.08. The van der Waals surface area contributed by atoms with Crippen LogP contribution in [0.25, 0.3) is 0 Å². The van der Waals surface area contributed by atoms with E-state index in [2.05, 4.69) is 50.2 Å². The summed E-state index contributed by atoms with van der Waals surface area (Å²) in [4.78, 5) is 10.4. The van der Waals surface area contributed by atoms with E-state index in [1.54, 1.807) is 12.1 Å². The van der Waals surface area contributed by atoms with Gasteiger partial charge in [-0.25, -0.2) is 0 Å². The van der Waals surface area contributed by atoms with Crippen LogP contribution in [0.3, 0.4) is 0 Å². The number of rotatable bonds is 7. The van der Waals surface area contributed by atoms with Gasteiger partial charge in [-0.15, -0.1) is 0 Å². The molecule has 3 rings (SSSR count). The van der Waals surface area contributed by atoms with Crippen molar-refractivity contribution in [3.05, 3.63) is 96.4 Å². The third-order valence-corrected chi connectivity index (χ3v) is 5.21. The second-order valence-corrected chi connectivity index (χ2v) is 8.11. The Morgan fingerprint density at radius 2 is 1.68 bits per heavy atom. The standard InChI is InChI=1S/C21H18Br2N2O3/c1-14-10-17(22)4-8-20(14)24-12-16-11-18(23)5-9-21(16)28-13-15-2-6-19(7-3-15)25(26)27/h2-11,24H,12-13H2,1H3. The Hall–Kier alpha value is -2.38. The fourth-order valence-electron chi connectivity index (χ4n) is 2.72. The van der Waals surface area contributed by atoms with Crippen molar-refractivity contribution in [1.82, 2.24) is 0 Å². The Bertz CT molecular complexity index is 991. The Labute approximate surface area is 180 Å². The summed E-state index contributed by atoms with van der Waals surface area (Å²) < 4.78 is 8.00. The van der Waals surface area contributed by atoms with Crippen LogP contribution in [0.4, 0.5) is 11.4 Å². The van der Waals surface area contributed by atoms with Gasteiger partial charge in [0.2, 0.25) is 0 Å². The van der Waals surface area contributed by atoms with Crippen molar-refractivity contribution >= 4 is 43.2 Å². The van der Waals surface area contributed by atoms with Gasteiger partial charge in [-0.2, -0.15) is 0 Å². The van der Waals surface area contributed by atoms with Crippen molar-refractivity contribution in [3.8, 4) is 5.75 Å². The van der Waals surface area contributed by atoms with Crippen LogP contribution in [0.15, 0.2) is 69.6 Å². The lowest BCUT2D eigenvalue weighted by Crippen LogP contribution is -2.05. The molecule has 0 aliphatic heterocycles. The van der Waals surface area contributed by atoms with E-state index in [4.69, 9.17) is 4.74 Å². The molecule has 0 bridgehead atoms. The van der Waals surface area contributed by atoms with Gasteiger partial charge in [0.1, 0.15) is 12.4 Å². The van der Waals surface area contributed by atoms with Crippen molar-refractivity contribution in [2.75, 3.05) is 5.32 Å². The summed E-state index contributed by atoms with van der Waals surface area (Å²) >= 11 is 6.99. The predicted molar refractivity (Wildman–Crippen MR) is 118 cm³/mol. The summed E-state index contributed by atoms with van der Waals surface area (Å²) in [5.74, 6) is 0.767. The summed E-state index contributed by atoms with van der Waals surface area (Å²) in [5, 5.41) is 14.2. The lowest BCUT2D eigenvalue weighted by molar-refractivity contribution is -0.384. The lowest BCUT2D eigenvalue weighted by Gasteiger charge is -2.15. The van der Waals surface area contributed by atoms with E-state index in [9.17, 15) is 10.1 Å². The maximum Gasteiger partial charge on any atom is 0.269 e. The van der Waals surface area contributed by atoms with Crippen LogP contribution in [0.1, 0.15) is 16.7 Å². The summed E-state index contributed by atoms with van der Waals surface area (Å²) in [5.41, 5.74) is 4.17. The molecular weight excluding hydrogens is 488 g/mol. The molecule has 28 heavy (non-hydrogen) atoms. The van der Waals surface area contributed by atoms with Gasteiger partial charge in [0, 0.05) is 38.9 Å². The first-order valence-corrected chi connectivity index (χ1v) is 10.2. The minimum Gasteiger partial charge on any atom is -0.489 e. The maximum atomic E-state index is 10.8. The Balaban J connectivity index is 1.70. The SMILES string of the molecule is Cc1cc(Br)ccc1NCc1cc(Br)ccc1OCc1ccc([N+](=O)[O-])cc1. The fraction of sp³-hybridized carbons (Fsp3) is 0.143. The molecule has 0 saturated carbocycles. The maximum absolute atomic E-state index is 10.8. The number of anilines is 1. The van der Waals surface area contributed by atoms with Crippen molar-refractivity contribution < 1.29 is 9.66 Å². The van der Waals surface area contributed by atoms with E-state index in [0.717, 1.165) is 37.1 Å². The molecule has 7 heteroatoms. The van der Waals surface area contributed by atoms with Gasteiger partial charge in [0.15, 0.2) is 0 Å². The molecule has 3 aromatic carbocycles. The number of ether oxygens (including phenoxy) is 1. The number of hydrogen-bond donors (Lipinski definition) is 1. The zero-order chi connectivity index (χ0) is 20.1. The Kier molecular flexibility index (Phi) is 6.70. The van der Waals surface area contributed by atoms with E-state index in [0.29, 0.717) is 13.2 Å². The highest BCUT2D eigenvalue weighted by molar-refractivity contribution is 9.10. The Morgan fingerprint density at radius 3 is 2.36 bits per heavy atom. The summed E-state index contributed by atoms with van der Waals surface area (Å²) in [6.07, 6.45) is 0. The molecule has 0 fully saturated rings. The van der Waals surface area contributed by atoms with E-state index in [-0.39, 0.29) is 5.69 Å². The lowest BCUT2D eigenvalue weighted by atomic mass is 10.1. The van der Waals surface area contributed by atoms with Gasteiger partial charge in [0.25, 0.3) is 5.69 Å². The van der Waals surface area contributed by atoms with E-state index >= 15 is 0 Å². The number of halogens is 2. The van der Waals surface area contributed by atoms with Crippen LogP contribution in [0, 0.1) is 17.0 Å². The average molecular weight is 506 g/mol. The molecule has 0 atom stereocenters. The number of hydrogen-bond acceptors (Lipinski definition) is 4. The van der Waals surface area contributed by atoms with Crippen LogP contribution in [-0.2, 0) is 13.2 Å². The normalized spacial score (nSPS) is 10.5. The molecule has 0 unspecified atom stereocenters. The molecule has 0 spiro atoms. The van der Waals surface area contributed by atoms with Crippen molar-refractivity contribution in [2.24, 2.45) is 0 Å². The molecule has 0 saturated heterocycles. The molecule has 0 aliphatic carbocycles. The summed E-state index contributed by atoms with van der Waals surface area (Å²) in [6.45, 7) is 3.00. The summed E-state index contributed by atoms with van der Waals surface area (Å²) in [7, 11) is 0. The first-order valence-electron chi connectivity index (χ1n) is 8.57. The molecule has 0 heterocycles. The number of nitrogens with one attached hydrogen (secondary N) is 1. The minimum atomic E-state index is -0.409. The van der Waals surface area contributed by atoms with E-state index in [1.807, 2.05) is 30.3 Å². The highest BCUT2D eigenvalue weighted by atomic mass is 79.9. The highest BCUT2D eigenvalue weighted by Crippen LogP contribution is 2.27. The summed E-state index contributed by atoms with van der Waals surface area (Å²) in [6, 6.07) is 18.4. The largest absolute Gasteiger partial charge is 0.489 e. The van der Waals surface area contributed by atoms with Gasteiger partial charge in [-0.1, -0.05) is 31.9 Å². The zero-order valence-corrected chi connectivity index (χ0v) is 18.3. The van der Waals surface area contributed by atoms with Gasteiger partial charge in [-0.05, 0) is 66.6 Å². The van der Waals surface area contributed by atoms with Crippen LogP contribution >= 0.6 is 31.9 Å². The van der Waals surface area contributed by atoms with Crippen molar-refractivity contribution in [2.45, 2.75) is 20.1 Å². The van der Waals surface area contributed by atoms with Crippen LogP contribution in [0.5, 0.6) is 5.75 Å². The molecule has 0 radical (unpaired) electrons. The molecule has 0 aromatic heterocycles. The number of nitro groups is 1. The predicted octanol–water partition coefficient (Wildman–Crippen LogP) is 6.62. The topological polar surface area (TPSA) is 64.4 Å². The van der Waals surface area contributed by atoms with E-state index in [1.165, 1.54) is 12.1 Å². The molecule has 0 aliphatic rings. The molecule has 144 valence electrons. The molecular formula is C21H18Br2N2O3. The average Bonchev–Trinajstić information content (AvgIpc) is 2.67. The van der Waals surface area contributed by atoms with Gasteiger partial charge < -0.3 is 10.1 Å². The fourth-order valence-corrected chi connectivity index (χ4v) is 3.60. The number of nitrogens with zero attached hydrogens (tertiary/aromatic N) is 1. The number of nitro benzene ring substituents is 1. The van der Waals surface area contributed by atoms with Gasteiger partial charge >= 0.3 is 0 Å².